The molecule has 5 nitrogen and oxygen atoms in total. The van der Waals surface area contributed by atoms with Crippen LogP contribution < -0.4 is 5.73 Å². The Balaban J connectivity index is 2.76. The van der Waals surface area contributed by atoms with E-state index in [1.165, 1.54) is 0 Å². The van der Waals surface area contributed by atoms with Crippen LogP contribution in [0.5, 0.6) is 0 Å². The molecule has 2 aromatic heterocycles. The van der Waals surface area contributed by atoms with E-state index in [1.54, 1.807) is 4.68 Å². The molecule has 0 spiro atoms. The van der Waals surface area contributed by atoms with E-state index in [-0.39, 0.29) is 0 Å². The second-order valence-electron chi connectivity index (χ2n) is 4.31. The Morgan fingerprint density at radius 3 is 2.39 bits per heavy atom. The predicted molar refractivity (Wildman–Crippen MR) is 74.0 cm³/mol. The molecule has 0 saturated carbocycles. The van der Waals surface area contributed by atoms with Gasteiger partial charge in [0.05, 0.1) is 17.0 Å². The minimum Gasteiger partial charge on any atom is -0.389 e. The summed E-state index contributed by atoms with van der Waals surface area (Å²) in [5.74, 6) is 0.594. The number of nitrogens with two attached hydrogens (primary N) is 1. The van der Waals surface area contributed by atoms with Gasteiger partial charge < -0.3 is 5.73 Å². The van der Waals surface area contributed by atoms with E-state index in [0.717, 1.165) is 28.2 Å². The van der Waals surface area contributed by atoms with Crippen molar-refractivity contribution in [3.63, 3.8) is 0 Å². The molecule has 2 aromatic rings. The fourth-order valence-corrected chi connectivity index (χ4v) is 2.13. The van der Waals surface area contributed by atoms with E-state index in [4.69, 9.17) is 18.0 Å². The van der Waals surface area contributed by atoms with Crippen molar-refractivity contribution in [1.82, 2.24) is 20.0 Å². The van der Waals surface area contributed by atoms with Crippen LogP contribution >= 0.6 is 12.2 Å². The normalized spacial score (nSPS) is 10.7. The van der Waals surface area contributed by atoms with Gasteiger partial charge in [0.15, 0.2) is 5.82 Å². The van der Waals surface area contributed by atoms with Gasteiger partial charge in [0.25, 0.3) is 0 Å². The Kier molecular flexibility index (Phi) is 3.13. The summed E-state index contributed by atoms with van der Waals surface area (Å²) >= 11 is 5.12. The molecule has 0 amide bonds. The van der Waals surface area contributed by atoms with Crippen LogP contribution in [-0.4, -0.2) is 25.0 Å². The molecule has 94 valence electrons. The summed E-state index contributed by atoms with van der Waals surface area (Å²) < 4.78 is 1.73. The molecule has 0 aromatic carbocycles. The molecule has 0 aliphatic rings. The van der Waals surface area contributed by atoms with Crippen LogP contribution in [0.25, 0.3) is 5.82 Å². The highest BCUT2D eigenvalue weighted by atomic mass is 32.1. The molecule has 0 aliphatic carbocycles. The summed E-state index contributed by atoms with van der Waals surface area (Å²) in [5, 5.41) is 12.7. The summed E-state index contributed by atoms with van der Waals surface area (Å²) in [6.07, 6.45) is 0. The lowest BCUT2D eigenvalue weighted by Gasteiger charge is -2.12. The highest BCUT2D eigenvalue weighted by Crippen LogP contribution is 2.19. The van der Waals surface area contributed by atoms with Crippen LogP contribution in [0.3, 0.4) is 0 Å². The first kappa shape index (κ1) is 12.6. The fourth-order valence-electron chi connectivity index (χ4n) is 1.88. The molecular formula is C12H15N5S. The summed E-state index contributed by atoms with van der Waals surface area (Å²) in [5.41, 5.74) is 10.2. The van der Waals surface area contributed by atoms with Gasteiger partial charge in [-0.3, -0.25) is 0 Å². The Labute approximate surface area is 111 Å². The third-order valence-electron chi connectivity index (χ3n) is 2.89. The number of rotatable bonds is 2. The molecule has 2 N–H and O–H groups in total. The van der Waals surface area contributed by atoms with E-state index in [1.807, 2.05) is 33.8 Å². The number of nitrogens with zero attached hydrogens (tertiary/aromatic N) is 4. The first-order valence-electron chi connectivity index (χ1n) is 5.59. The first-order chi connectivity index (χ1) is 8.41. The molecule has 0 bridgehead atoms. The lowest BCUT2D eigenvalue weighted by molar-refractivity contribution is 0.770. The van der Waals surface area contributed by atoms with Crippen molar-refractivity contribution in [3.05, 3.63) is 34.3 Å². The highest BCUT2D eigenvalue weighted by molar-refractivity contribution is 7.80. The van der Waals surface area contributed by atoms with E-state index < -0.39 is 0 Å². The molecule has 0 unspecified atom stereocenters. The molecule has 0 fully saturated rings. The molecule has 6 heteroatoms. The Morgan fingerprint density at radius 1 is 1.22 bits per heavy atom. The minimum atomic E-state index is 0.313. The van der Waals surface area contributed by atoms with Crippen LogP contribution in [0.15, 0.2) is 6.07 Å². The summed E-state index contributed by atoms with van der Waals surface area (Å²) in [6.45, 7) is 7.71. The molecule has 0 radical (unpaired) electrons. The van der Waals surface area contributed by atoms with Crippen LogP contribution in [0.2, 0.25) is 0 Å². The van der Waals surface area contributed by atoms with Gasteiger partial charge in [0.2, 0.25) is 0 Å². The molecule has 2 heterocycles. The van der Waals surface area contributed by atoms with Gasteiger partial charge in [0, 0.05) is 5.69 Å². The second kappa shape index (κ2) is 4.45. The number of aryl methyl sites for hydroxylation is 3. The zero-order chi connectivity index (χ0) is 13.4. The van der Waals surface area contributed by atoms with Crippen molar-refractivity contribution < 1.29 is 0 Å². The maximum atomic E-state index is 5.80. The van der Waals surface area contributed by atoms with E-state index in [2.05, 4.69) is 15.3 Å². The van der Waals surface area contributed by atoms with E-state index in [9.17, 15) is 0 Å². The quantitative estimate of drug-likeness (QED) is 0.830. The van der Waals surface area contributed by atoms with Crippen LogP contribution in [0.1, 0.15) is 28.2 Å². The van der Waals surface area contributed by atoms with Crippen molar-refractivity contribution >= 4 is 17.2 Å². The number of hydrogen-bond donors (Lipinski definition) is 1. The van der Waals surface area contributed by atoms with Gasteiger partial charge in [-0.15, -0.1) is 5.10 Å². The average Bonchev–Trinajstić information content (AvgIpc) is 2.61. The van der Waals surface area contributed by atoms with E-state index >= 15 is 0 Å². The average molecular weight is 261 g/mol. The Bertz CT molecular complexity index is 630. The molecule has 0 saturated heterocycles. The van der Waals surface area contributed by atoms with Crippen molar-refractivity contribution in [2.75, 3.05) is 0 Å². The topological polar surface area (TPSA) is 69.6 Å². The largest absolute Gasteiger partial charge is 0.389 e. The Hall–Kier alpha value is -1.82. The van der Waals surface area contributed by atoms with Crippen molar-refractivity contribution in [3.8, 4) is 5.82 Å². The second-order valence-corrected chi connectivity index (χ2v) is 4.75. The zero-order valence-electron chi connectivity index (χ0n) is 10.9. The van der Waals surface area contributed by atoms with Gasteiger partial charge in [0.1, 0.15) is 4.99 Å². The number of aromatic nitrogens is 4. The van der Waals surface area contributed by atoms with Crippen LogP contribution in [-0.2, 0) is 0 Å². The first-order valence-corrected chi connectivity index (χ1v) is 6.00. The molecule has 0 aliphatic heterocycles. The monoisotopic (exact) mass is 261 g/mol. The lowest BCUT2D eigenvalue weighted by atomic mass is 10.1. The predicted octanol–water partition coefficient (Wildman–Crippen LogP) is 1.53. The summed E-state index contributed by atoms with van der Waals surface area (Å²) in [7, 11) is 0. The molecular weight excluding hydrogens is 246 g/mol. The number of hydrogen-bond acceptors (Lipinski definition) is 4. The molecule has 2 rings (SSSR count). The van der Waals surface area contributed by atoms with Crippen LogP contribution in [0.4, 0.5) is 0 Å². The fraction of sp³-hybridized carbons (Fsp3) is 0.333. The number of thiocarbonyl (C=S) groups is 1. The highest BCUT2D eigenvalue weighted by Gasteiger charge is 2.17. The molecule has 0 atom stereocenters. The van der Waals surface area contributed by atoms with Gasteiger partial charge >= 0.3 is 0 Å². The summed E-state index contributed by atoms with van der Waals surface area (Å²) in [6, 6.07) is 1.97. The van der Waals surface area contributed by atoms with Gasteiger partial charge in [-0.2, -0.15) is 10.2 Å². The van der Waals surface area contributed by atoms with Crippen molar-refractivity contribution in [1.29, 1.82) is 0 Å². The Morgan fingerprint density at radius 2 is 1.89 bits per heavy atom. The van der Waals surface area contributed by atoms with Crippen molar-refractivity contribution in [2.45, 2.75) is 27.7 Å². The maximum Gasteiger partial charge on any atom is 0.186 e. The zero-order valence-corrected chi connectivity index (χ0v) is 11.7. The molecule has 18 heavy (non-hydrogen) atoms. The smallest absolute Gasteiger partial charge is 0.186 e. The maximum absolute atomic E-state index is 5.80. The standard InChI is InChI=1S/C12H15N5S/c1-6-5-7(2)17(16-6)12-10(11(13)18)8(3)9(4)14-15-12/h5H,1-4H3,(H2,13,18). The van der Waals surface area contributed by atoms with Gasteiger partial charge in [-0.1, -0.05) is 12.2 Å². The third kappa shape index (κ3) is 1.99. The van der Waals surface area contributed by atoms with Gasteiger partial charge in [-0.25, -0.2) is 4.68 Å². The van der Waals surface area contributed by atoms with Crippen molar-refractivity contribution in [2.24, 2.45) is 5.73 Å². The minimum absolute atomic E-state index is 0.313. The van der Waals surface area contributed by atoms with Crippen LogP contribution in [0, 0.1) is 27.7 Å². The van der Waals surface area contributed by atoms with Gasteiger partial charge in [-0.05, 0) is 39.3 Å². The lowest BCUT2D eigenvalue weighted by Crippen LogP contribution is -2.19. The van der Waals surface area contributed by atoms with E-state index in [0.29, 0.717) is 10.8 Å². The summed E-state index contributed by atoms with van der Waals surface area (Å²) in [4.78, 5) is 0.313. The third-order valence-corrected chi connectivity index (χ3v) is 3.10. The SMILES string of the molecule is Cc1cc(C)n(-c2nnc(C)c(C)c2C(N)=S)n1.